The van der Waals surface area contributed by atoms with Gasteiger partial charge in [-0.1, -0.05) is 18.6 Å². The van der Waals surface area contributed by atoms with Crippen LogP contribution in [0.4, 0.5) is 0 Å². The normalized spacial score (nSPS) is 17.7. The first-order valence-electron chi connectivity index (χ1n) is 12.5. The van der Waals surface area contributed by atoms with Gasteiger partial charge in [0.05, 0.1) is 52.7 Å². The van der Waals surface area contributed by atoms with Crippen LogP contribution in [0, 0.1) is 11.8 Å². The summed E-state index contributed by atoms with van der Waals surface area (Å²) >= 11 is 0. The van der Waals surface area contributed by atoms with E-state index in [1.165, 1.54) is 0 Å². The van der Waals surface area contributed by atoms with Crippen LogP contribution in [0.2, 0.25) is 0 Å². The van der Waals surface area contributed by atoms with Gasteiger partial charge in [-0.25, -0.2) is 0 Å². The number of hydrogen-bond acceptors (Lipinski definition) is 7. The van der Waals surface area contributed by atoms with Crippen molar-refractivity contribution in [3.63, 3.8) is 0 Å². The third kappa shape index (κ3) is 7.39. The Hall–Kier alpha value is -4.77. The van der Waals surface area contributed by atoms with Crippen LogP contribution in [0.25, 0.3) is 5.57 Å². The van der Waals surface area contributed by atoms with E-state index in [2.05, 4.69) is 50.6 Å². The summed E-state index contributed by atoms with van der Waals surface area (Å²) in [4.78, 5) is 11.1. The van der Waals surface area contributed by atoms with Crippen LogP contribution in [0.3, 0.4) is 0 Å². The predicted molar refractivity (Wildman–Crippen MR) is 155 cm³/mol. The maximum atomic E-state index is 5.59. The first-order valence-corrected chi connectivity index (χ1v) is 12.5. The Bertz CT molecular complexity index is 1450. The fourth-order valence-corrected chi connectivity index (χ4v) is 4.11. The molecule has 0 amide bonds. The molecule has 0 spiro atoms. The van der Waals surface area contributed by atoms with Crippen molar-refractivity contribution in [1.29, 1.82) is 0 Å². The molecule has 3 aliphatic rings. The van der Waals surface area contributed by atoms with E-state index < -0.39 is 0 Å². The van der Waals surface area contributed by atoms with Crippen LogP contribution in [-0.2, 0) is 21.3 Å². The third-order valence-electron chi connectivity index (χ3n) is 6.17. The van der Waals surface area contributed by atoms with E-state index in [0.29, 0.717) is 31.7 Å². The maximum absolute atomic E-state index is 5.59. The van der Waals surface area contributed by atoms with Gasteiger partial charge in [-0.05, 0) is 35.8 Å². The van der Waals surface area contributed by atoms with Gasteiger partial charge >= 0.3 is 0 Å². The summed E-state index contributed by atoms with van der Waals surface area (Å²) in [6, 6.07) is 0. The molecule has 0 saturated heterocycles. The number of aryl methyl sites for hydroxylation is 1. The first kappa shape index (κ1) is 27.3. The number of aliphatic imine (C=N–C) groups is 2. The van der Waals surface area contributed by atoms with Gasteiger partial charge in [-0.15, -0.1) is 0 Å². The van der Waals surface area contributed by atoms with Crippen molar-refractivity contribution in [1.82, 2.24) is 14.7 Å². The molecule has 200 valence electrons. The van der Waals surface area contributed by atoms with Crippen LogP contribution in [0.5, 0.6) is 0 Å². The lowest BCUT2D eigenvalue weighted by Crippen LogP contribution is -2.21. The van der Waals surface area contributed by atoms with Crippen molar-refractivity contribution < 1.29 is 14.2 Å². The Morgan fingerprint density at radius 2 is 2.00 bits per heavy atom. The smallest absolute Gasteiger partial charge is 0.124 e. The molecule has 0 unspecified atom stereocenters. The molecule has 0 aromatic carbocycles. The topological polar surface area (TPSA) is 73.5 Å². The minimum absolute atomic E-state index is 0.390. The molecule has 0 radical (unpaired) electrons. The lowest BCUT2D eigenvalue weighted by molar-refractivity contribution is 0.271. The lowest BCUT2D eigenvalue weighted by atomic mass is 10.0. The molecule has 0 atom stereocenters. The van der Waals surface area contributed by atoms with Crippen molar-refractivity contribution in [3.8, 4) is 11.8 Å². The van der Waals surface area contributed by atoms with Crippen LogP contribution < -0.4 is 0 Å². The molecular formula is C31H33N5O3. The monoisotopic (exact) mass is 523 g/mol. The molecule has 3 heterocycles. The molecule has 8 heteroatoms. The van der Waals surface area contributed by atoms with Crippen LogP contribution >= 0.6 is 0 Å². The van der Waals surface area contributed by atoms with E-state index in [0.717, 1.165) is 45.3 Å². The minimum Gasteiger partial charge on any atom is -0.501 e. The highest BCUT2D eigenvalue weighted by Crippen LogP contribution is 2.25. The van der Waals surface area contributed by atoms with Gasteiger partial charge in [0.25, 0.3) is 0 Å². The van der Waals surface area contributed by atoms with Crippen LogP contribution in [0.15, 0.2) is 112 Å². The number of aromatic nitrogens is 2. The van der Waals surface area contributed by atoms with Gasteiger partial charge in [0, 0.05) is 66.8 Å². The largest absolute Gasteiger partial charge is 0.501 e. The summed E-state index contributed by atoms with van der Waals surface area (Å²) in [5.74, 6) is 8.79. The Kier molecular flexibility index (Phi) is 9.20. The highest BCUT2D eigenvalue weighted by molar-refractivity contribution is 6.11. The van der Waals surface area contributed by atoms with Gasteiger partial charge in [0.2, 0.25) is 0 Å². The average molecular weight is 524 g/mol. The van der Waals surface area contributed by atoms with Crippen molar-refractivity contribution in [3.05, 3.63) is 108 Å². The molecule has 0 N–H and O–H groups in total. The molecule has 0 saturated carbocycles. The standard InChI is InChI=1S/C31H33N5O3/c1-23(14-24-15-25(20-32-19-24)26-21-34-35(2)22-26)36(28-10-11-30(38-4)18-31(17-28)39-5)13-7-8-27-16-29(37-3)9-6-12-33-27/h6,9-10,12,14-15,17-18,20-22H,1,11,13,16,19H2,2-5H3/b24-14-. The zero-order valence-corrected chi connectivity index (χ0v) is 22.8. The summed E-state index contributed by atoms with van der Waals surface area (Å²) in [6.45, 7) is 5.36. The van der Waals surface area contributed by atoms with E-state index in [-0.39, 0.29) is 0 Å². The van der Waals surface area contributed by atoms with Crippen molar-refractivity contribution in [2.75, 3.05) is 34.4 Å². The number of allylic oxidation sites excluding steroid dienone is 8. The van der Waals surface area contributed by atoms with Crippen molar-refractivity contribution >= 4 is 17.5 Å². The summed E-state index contributed by atoms with van der Waals surface area (Å²) < 4.78 is 18.3. The summed E-state index contributed by atoms with van der Waals surface area (Å²) in [6.07, 6.45) is 22.4. The van der Waals surface area contributed by atoms with Gasteiger partial charge in [0.1, 0.15) is 17.3 Å². The van der Waals surface area contributed by atoms with E-state index in [1.807, 2.05) is 56.0 Å². The van der Waals surface area contributed by atoms with Gasteiger partial charge in [-0.2, -0.15) is 5.10 Å². The molecule has 39 heavy (non-hydrogen) atoms. The molecule has 0 fully saturated rings. The number of dihydropyridines is 1. The molecule has 2 aliphatic heterocycles. The molecule has 1 aromatic rings. The molecule has 1 aromatic heterocycles. The second-order valence-corrected chi connectivity index (χ2v) is 8.90. The van der Waals surface area contributed by atoms with Gasteiger partial charge < -0.3 is 19.1 Å². The fourth-order valence-electron chi connectivity index (χ4n) is 4.11. The zero-order valence-electron chi connectivity index (χ0n) is 22.8. The molecule has 4 rings (SSSR count). The number of hydrogen-bond donors (Lipinski definition) is 0. The first-order chi connectivity index (χ1) is 19.0. The van der Waals surface area contributed by atoms with Crippen molar-refractivity contribution in [2.24, 2.45) is 17.0 Å². The molecule has 1 aliphatic carbocycles. The summed E-state index contributed by atoms with van der Waals surface area (Å²) in [5, 5.41) is 4.28. The van der Waals surface area contributed by atoms with Crippen molar-refractivity contribution in [2.45, 2.75) is 12.8 Å². The highest BCUT2D eigenvalue weighted by atomic mass is 16.5. The molecule has 0 bridgehead atoms. The Morgan fingerprint density at radius 1 is 1.15 bits per heavy atom. The third-order valence-corrected chi connectivity index (χ3v) is 6.17. The fraction of sp³-hybridized carbons (Fsp3) is 0.258. The Morgan fingerprint density at radius 3 is 2.74 bits per heavy atom. The molecular weight excluding hydrogens is 490 g/mol. The van der Waals surface area contributed by atoms with Gasteiger partial charge in [0.15, 0.2) is 0 Å². The average Bonchev–Trinajstić information content (AvgIpc) is 3.13. The summed E-state index contributed by atoms with van der Waals surface area (Å²) in [7, 11) is 6.85. The van der Waals surface area contributed by atoms with Crippen LogP contribution in [-0.4, -0.2) is 61.0 Å². The molecule has 8 nitrogen and oxygen atoms in total. The Balaban J connectivity index is 1.63. The van der Waals surface area contributed by atoms with E-state index in [1.54, 1.807) is 32.2 Å². The number of rotatable bonds is 8. The minimum atomic E-state index is 0.390. The van der Waals surface area contributed by atoms with E-state index >= 15 is 0 Å². The lowest BCUT2D eigenvalue weighted by Gasteiger charge is -2.25. The summed E-state index contributed by atoms with van der Waals surface area (Å²) in [5.41, 5.74) is 5.47. The maximum Gasteiger partial charge on any atom is 0.124 e. The van der Waals surface area contributed by atoms with E-state index in [9.17, 15) is 0 Å². The van der Waals surface area contributed by atoms with Crippen LogP contribution in [0.1, 0.15) is 18.4 Å². The Labute approximate surface area is 230 Å². The predicted octanol–water partition coefficient (Wildman–Crippen LogP) is 4.87. The second-order valence-electron chi connectivity index (χ2n) is 8.90. The second kappa shape index (κ2) is 13.2. The highest BCUT2D eigenvalue weighted by Gasteiger charge is 2.16. The van der Waals surface area contributed by atoms with E-state index in [4.69, 9.17) is 14.2 Å². The number of nitrogens with zero attached hydrogens (tertiary/aromatic N) is 5. The quantitative estimate of drug-likeness (QED) is 0.455. The number of ether oxygens (including phenoxy) is 3. The SMILES string of the molecule is C=C(/C=C1/C=C(c2cnn(C)c2)C=NC1)N(CC#CC1=NC=CC=C(OC)C1)C1=CCC(OC)=CC(OC)=C1. The zero-order chi connectivity index (χ0) is 27.6. The number of methoxy groups -OCH3 is 3. The van der Waals surface area contributed by atoms with Gasteiger partial charge in [-0.3, -0.25) is 14.7 Å².